The van der Waals surface area contributed by atoms with E-state index in [9.17, 15) is 15.0 Å². The van der Waals surface area contributed by atoms with Gasteiger partial charge in [-0.05, 0) is 50.1 Å². The van der Waals surface area contributed by atoms with Crippen LogP contribution in [0.2, 0.25) is 0 Å². The normalized spacial score (nSPS) is 48.4. The fourth-order valence-corrected chi connectivity index (χ4v) is 12.5. The molecule has 7 rings (SSSR count). The molecule has 1 heterocycles. The van der Waals surface area contributed by atoms with Crippen molar-refractivity contribution >= 4 is 5.97 Å². The molecule has 1 aromatic rings. The Balaban J connectivity index is 1.45. The summed E-state index contributed by atoms with van der Waals surface area (Å²) in [6, 6.07) is 6.79. The molecule has 5 aliphatic carbocycles. The van der Waals surface area contributed by atoms with E-state index in [0.29, 0.717) is 50.3 Å². The average molecular weight is 646 g/mol. The number of fused-ring (bicyclic) bond motifs is 2. The third-order valence-corrected chi connectivity index (χ3v) is 13.5. The lowest BCUT2D eigenvalue weighted by atomic mass is 9.42. The van der Waals surface area contributed by atoms with Gasteiger partial charge < -0.3 is 43.4 Å². The lowest BCUT2D eigenvalue weighted by Gasteiger charge is -2.70. The molecule has 11 nitrogen and oxygen atoms in total. The van der Waals surface area contributed by atoms with Crippen LogP contribution in [0.25, 0.3) is 0 Å². The highest BCUT2D eigenvalue weighted by atomic mass is 16.6. The maximum Gasteiger partial charge on any atom is 0.338 e. The van der Waals surface area contributed by atoms with E-state index in [1.54, 1.807) is 59.8 Å². The lowest BCUT2D eigenvalue weighted by Crippen LogP contribution is -2.79. The molecule has 6 aliphatic rings. The van der Waals surface area contributed by atoms with Crippen molar-refractivity contribution in [2.24, 2.45) is 34.5 Å². The second-order valence-corrected chi connectivity index (χ2v) is 14.6. The SMILES string of the molecule is CCO[C@]12C[C@H](OC)[C@]3(O)C[C@H]([C@@H]1[C@H]3OC(=O)c1ccc(OC)cc1)[C@@]13[C@@H](OC)C[C@@H](O)[C@@]4(COC)CN(CC)[C@@H]1[C@@H]2[C@H](OC)[C@H]43. The number of esters is 1. The molecule has 0 radical (unpaired) electrons. The molecule has 1 saturated heterocycles. The molecule has 1 aromatic carbocycles. The Morgan fingerprint density at radius 3 is 2.28 bits per heavy atom. The summed E-state index contributed by atoms with van der Waals surface area (Å²) in [6.07, 6.45) is -1.63. The van der Waals surface area contributed by atoms with Gasteiger partial charge in [0.05, 0.1) is 49.3 Å². The molecule has 11 heteroatoms. The van der Waals surface area contributed by atoms with E-state index >= 15 is 0 Å². The van der Waals surface area contributed by atoms with Crippen LogP contribution in [0.1, 0.15) is 43.5 Å². The van der Waals surface area contributed by atoms with Gasteiger partial charge in [0.15, 0.2) is 0 Å². The van der Waals surface area contributed by atoms with Crippen molar-refractivity contribution in [3.05, 3.63) is 29.8 Å². The molecule has 1 spiro atoms. The molecule has 7 bridgehead atoms. The number of hydrogen-bond donors (Lipinski definition) is 2. The Kier molecular flexibility index (Phi) is 8.08. The van der Waals surface area contributed by atoms with Gasteiger partial charge in [0.2, 0.25) is 0 Å². The topological polar surface area (TPSA) is 125 Å². The van der Waals surface area contributed by atoms with Crippen molar-refractivity contribution in [1.82, 2.24) is 4.90 Å². The Morgan fingerprint density at radius 2 is 1.70 bits per heavy atom. The first-order chi connectivity index (χ1) is 22.1. The minimum Gasteiger partial charge on any atom is -0.497 e. The number of hydrogen-bond acceptors (Lipinski definition) is 11. The fraction of sp³-hybridized carbons (Fsp3) is 0.800. The van der Waals surface area contributed by atoms with Crippen LogP contribution in [0, 0.1) is 34.5 Å². The zero-order chi connectivity index (χ0) is 32.8. The molecule has 6 fully saturated rings. The van der Waals surface area contributed by atoms with Crippen LogP contribution < -0.4 is 4.74 Å². The second kappa shape index (κ2) is 11.4. The molecule has 1 aliphatic heterocycles. The van der Waals surface area contributed by atoms with Crippen molar-refractivity contribution in [1.29, 1.82) is 0 Å². The van der Waals surface area contributed by atoms with E-state index in [-0.39, 0.29) is 41.9 Å². The standard InChI is InChI=1S/C35H51NO10/c1-8-36-17-32(18-40-3)22(37)14-23(42-5)35-21-15-33(39)24(43-6)16-34(45-9-2,26(29(35)36)27(44-7)28(32)35)25(21)30(33)46-31(38)19-10-12-20(41-4)13-11-19/h10-13,21-30,37,39H,8-9,14-18H2,1-7H3/t21-,22-,23+,24+,25-,26+,27+,28-,29-,30-,32+,33-,34-,35+/m1/s1. The summed E-state index contributed by atoms with van der Waals surface area (Å²) in [7, 11) is 8.39. The van der Waals surface area contributed by atoms with Crippen molar-refractivity contribution in [2.45, 2.75) is 80.9 Å². The van der Waals surface area contributed by atoms with Gasteiger partial charge in [-0.25, -0.2) is 4.79 Å². The second-order valence-electron chi connectivity index (χ2n) is 14.6. The number of likely N-dealkylation sites (tertiary alicyclic amines) is 1. The Morgan fingerprint density at radius 1 is 0.978 bits per heavy atom. The van der Waals surface area contributed by atoms with E-state index < -0.39 is 46.3 Å². The van der Waals surface area contributed by atoms with Crippen molar-refractivity contribution in [2.75, 3.05) is 61.9 Å². The Hall–Kier alpha value is -1.83. The highest BCUT2D eigenvalue weighted by molar-refractivity contribution is 5.89. The van der Waals surface area contributed by atoms with E-state index in [4.69, 9.17) is 33.2 Å². The highest BCUT2D eigenvalue weighted by Gasteiger charge is 2.90. The van der Waals surface area contributed by atoms with Gasteiger partial charge in [0, 0.05) is 89.1 Å². The summed E-state index contributed by atoms with van der Waals surface area (Å²) in [5.74, 6) is -0.750. The summed E-state index contributed by atoms with van der Waals surface area (Å²) in [6.45, 7) is 6.38. The summed E-state index contributed by atoms with van der Waals surface area (Å²) >= 11 is 0. The van der Waals surface area contributed by atoms with Crippen LogP contribution in [0.15, 0.2) is 24.3 Å². The first-order valence-electron chi connectivity index (χ1n) is 16.8. The van der Waals surface area contributed by atoms with E-state index in [0.717, 1.165) is 6.54 Å². The van der Waals surface area contributed by atoms with Gasteiger partial charge in [-0.3, -0.25) is 4.90 Å². The van der Waals surface area contributed by atoms with E-state index in [1.165, 1.54) is 0 Å². The van der Waals surface area contributed by atoms with Crippen LogP contribution in [-0.2, 0) is 28.4 Å². The number of piperidine rings is 1. The third kappa shape index (κ3) is 3.80. The summed E-state index contributed by atoms with van der Waals surface area (Å²) in [4.78, 5) is 16.4. The van der Waals surface area contributed by atoms with Gasteiger partial charge in [0.25, 0.3) is 0 Å². The first kappa shape index (κ1) is 32.7. The van der Waals surface area contributed by atoms with Crippen LogP contribution in [0.4, 0.5) is 0 Å². The molecule has 46 heavy (non-hydrogen) atoms. The van der Waals surface area contributed by atoms with Crippen molar-refractivity contribution in [3.63, 3.8) is 0 Å². The third-order valence-electron chi connectivity index (χ3n) is 13.5. The number of nitrogens with zero attached hydrogens (tertiary/aromatic N) is 1. The monoisotopic (exact) mass is 645 g/mol. The molecule has 256 valence electrons. The number of methoxy groups -OCH3 is 5. The van der Waals surface area contributed by atoms with Gasteiger partial charge in [0.1, 0.15) is 17.5 Å². The predicted octanol–water partition coefficient (Wildman–Crippen LogP) is 2.16. The number of carbonyl (C=O) groups excluding carboxylic acids is 1. The largest absolute Gasteiger partial charge is 0.497 e. The minimum atomic E-state index is -1.46. The Labute approximate surface area is 271 Å². The van der Waals surface area contributed by atoms with Crippen molar-refractivity contribution in [3.8, 4) is 5.75 Å². The molecule has 0 unspecified atom stereocenters. The number of carbonyl (C=O) groups is 1. The van der Waals surface area contributed by atoms with Crippen molar-refractivity contribution < 1.29 is 48.2 Å². The zero-order valence-corrected chi connectivity index (χ0v) is 28.1. The van der Waals surface area contributed by atoms with Crippen LogP contribution in [-0.4, -0.2) is 131 Å². The van der Waals surface area contributed by atoms with E-state index in [1.807, 2.05) is 6.92 Å². The number of ether oxygens (including phenoxy) is 7. The predicted molar refractivity (Wildman–Crippen MR) is 165 cm³/mol. The molecular formula is C35H51NO10. The number of rotatable bonds is 11. The quantitative estimate of drug-likeness (QED) is 0.344. The number of benzene rings is 1. The molecule has 14 atom stereocenters. The highest BCUT2D eigenvalue weighted by Crippen LogP contribution is 2.80. The molecule has 0 aromatic heterocycles. The summed E-state index contributed by atoms with van der Waals surface area (Å²) in [5, 5.41) is 24.9. The Bertz CT molecular complexity index is 1310. The molecule has 0 amide bonds. The zero-order valence-electron chi connectivity index (χ0n) is 28.1. The van der Waals surface area contributed by atoms with Gasteiger partial charge in [-0.1, -0.05) is 6.92 Å². The van der Waals surface area contributed by atoms with Crippen LogP contribution in [0.3, 0.4) is 0 Å². The average Bonchev–Trinajstić information content (AvgIpc) is 3.43. The smallest absolute Gasteiger partial charge is 0.338 e. The molecular weight excluding hydrogens is 594 g/mol. The fourth-order valence-electron chi connectivity index (χ4n) is 12.5. The summed E-state index contributed by atoms with van der Waals surface area (Å²) < 4.78 is 44.0. The molecule has 2 N–H and O–H groups in total. The number of aliphatic hydroxyl groups is 2. The van der Waals surface area contributed by atoms with Crippen LogP contribution >= 0.6 is 0 Å². The van der Waals surface area contributed by atoms with Gasteiger partial charge in [-0.2, -0.15) is 0 Å². The maximum absolute atomic E-state index is 13.9. The van der Waals surface area contributed by atoms with Crippen LogP contribution in [0.5, 0.6) is 5.75 Å². The first-order valence-corrected chi connectivity index (χ1v) is 16.8. The van der Waals surface area contributed by atoms with Gasteiger partial charge >= 0.3 is 5.97 Å². The molecule has 5 saturated carbocycles. The minimum absolute atomic E-state index is 0.0152. The maximum atomic E-state index is 13.9. The number of aliphatic hydroxyl groups excluding tert-OH is 1. The van der Waals surface area contributed by atoms with Gasteiger partial charge in [-0.15, -0.1) is 0 Å². The van der Waals surface area contributed by atoms with E-state index in [2.05, 4.69) is 11.8 Å². The summed E-state index contributed by atoms with van der Waals surface area (Å²) in [5.41, 5.74) is -3.11. The lowest BCUT2D eigenvalue weighted by molar-refractivity contribution is -0.304.